The van der Waals surface area contributed by atoms with Crippen LogP contribution >= 0.6 is 11.6 Å². The second-order valence-electron chi connectivity index (χ2n) is 5.14. The molecular weight excluding hydrogens is 248 g/mol. The van der Waals surface area contributed by atoms with E-state index >= 15 is 0 Å². The van der Waals surface area contributed by atoms with Gasteiger partial charge >= 0.3 is 0 Å². The molecule has 0 saturated carbocycles. The Kier molecular flexibility index (Phi) is 5.04. The van der Waals surface area contributed by atoms with E-state index in [2.05, 4.69) is 0 Å². The molecule has 1 saturated heterocycles. The lowest BCUT2D eigenvalue weighted by molar-refractivity contribution is 0.0944. The number of aryl methyl sites for hydroxylation is 1. The second-order valence-corrected chi connectivity index (χ2v) is 5.58. The molecule has 1 aromatic carbocycles. The van der Waals surface area contributed by atoms with E-state index in [1.807, 2.05) is 25.1 Å². The molecule has 1 fully saturated rings. The largest absolute Gasteiger partial charge is 0.388 e. The summed E-state index contributed by atoms with van der Waals surface area (Å²) in [6, 6.07) is 5.76. The van der Waals surface area contributed by atoms with Gasteiger partial charge in [0, 0.05) is 11.6 Å². The molecule has 0 aromatic heterocycles. The van der Waals surface area contributed by atoms with Crippen molar-refractivity contribution in [2.24, 2.45) is 0 Å². The Balaban J connectivity index is 1.81. The van der Waals surface area contributed by atoms with Crippen LogP contribution in [0.15, 0.2) is 18.2 Å². The van der Waals surface area contributed by atoms with Gasteiger partial charge in [0.05, 0.1) is 12.2 Å². The van der Waals surface area contributed by atoms with Gasteiger partial charge in [-0.1, -0.05) is 17.7 Å². The Morgan fingerprint density at radius 2 is 2.28 bits per heavy atom. The van der Waals surface area contributed by atoms with E-state index in [9.17, 15) is 5.11 Å². The molecule has 0 aliphatic carbocycles. The molecule has 2 atom stereocenters. The smallest absolute Gasteiger partial charge is 0.0790 e. The zero-order valence-corrected chi connectivity index (χ0v) is 11.6. The highest BCUT2D eigenvalue weighted by Crippen LogP contribution is 2.25. The number of hydrogen-bond donors (Lipinski definition) is 1. The van der Waals surface area contributed by atoms with Crippen LogP contribution in [-0.4, -0.2) is 17.8 Å². The minimum absolute atomic E-state index is 0.413. The van der Waals surface area contributed by atoms with Crippen LogP contribution in [0.25, 0.3) is 0 Å². The molecule has 2 nitrogen and oxygen atoms in total. The normalized spacial score (nSPS) is 21.2. The number of benzene rings is 1. The lowest BCUT2D eigenvalue weighted by Crippen LogP contribution is -2.06. The summed E-state index contributed by atoms with van der Waals surface area (Å²) in [6.45, 7) is 2.90. The molecule has 1 aliphatic rings. The molecule has 18 heavy (non-hydrogen) atoms. The zero-order chi connectivity index (χ0) is 13.0. The van der Waals surface area contributed by atoms with Gasteiger partial charge in [0.25, 0.3) is 0 Å². The van der Waals surface area contributed by atoms with Crippen LogP contribution in [0.3, 0.4) is 0 Å². The zero-order valence-electron chi connectivity index (χ0n) is 10.9. The molecule has 1 N–H and O–H groups in total. The molecule has 1 heterocycles. The van der Waals surface area contributed by atoms with Gasteiger partial charge in [0.15, 0.2) is 0 Å². The maximum atomic E-state index is 10.1. The van der Waals surface area contributed by atoms with E-state index in [0.717, 1.165) is 37.0 Å². The van der Waals surface area contributed by atoms with Crippen molar-refractivity contribution in [2.75, 3.05) is 6.61 Å². The Bertz CT molecular complexity index is 366. The first-order valence-electron chi connectivity index (χ1n) is 6.72. The standard InChI is InChI=1S/C15H21ClO2/c1-11-8-12(10-13(16)9-11)15(17)6-2-4-14-5-3-7-18-14/h8-10,14-15,17H,2-7H2,1H3. The van der Waals surface area contributed by atoms with Crippen molar-refractivity contribution in [1.82, 2.24) is 0 Å². The van der Waals surface area contributed by atoms with Crippen LogP contribution in [0.1, 0.15) is 49.3 Å². The third-order valence-corrected chi connectivity index (χ3v) is 3.70. The van der Waals surface area contributed by atoms with Crippen molar-refractivity contribution >= 4 is 11.6 Å². The van der Waals surface area contributed by atoms with Gasteiger partial charge in [0.2, 0.25) is 0 Å². The van der Waals surface area contributed by atoms with E-state index in [0.29, 0.717) is 11.1 Å². The first-order valence-corrected chi connectivity index (χ1v) is 7.09. The minimum Gasteiger partial charge on any atom is -0.388 e. The third-order valence-electron chi connectivity index (χ3n) is 3.48. The summed E-state index contributed by atoms with van der Waals surface area (Å²) in [4.78, 5) is 0. The van der Waals surface area contributed by atoms with Crippen molar-refractivity contribution < 1.29 is 9.84 Å². The topological polar surface area (TPSA) is 29.5 Å². The second kappa shape index (κ2) is 6.55. The Morgan fingerprint density at radius 3 is 2.94 bits per heavy atom. The Labute approximate surface area is 114 Å². The van der Waals surface area contributed by atoms with Crippen LogP contribution in [0, 0.1) is 6.92 Å². The summed E-state index contributed by atoms with van der Waals surface area (Å²) < 4.78 is 5.58. The third kappa shape index (κ3) is 3.98. The molecule has 1 aromatic rings. The highest BCUT2D eigenvalue weighted by atomic mass is 35.5. The van der Waals surface area contributed by atoms with Crippen LogP contribution in [-0.2, 0) is 4.74 Å². The maximum absolute atomic E-state index is 10.1. The van der Waals surface area contributed by atoms with E-state index in [1.54, 1.807) is 0 Å². The summed E-state index contributed by atoms with van der Waals surface area (Å²) in [7, 11) is 0. The molecule has 100 valence electrons. The highest BCUT2D eigenvalue weighted by molar-refractivity contribution is 6.30. The molecule has 0 amide bonds. The number of aliphatic hydroxyl groups is 1. The first-order chi connectivity index (χ1) is 8.65. The predicted octanol–water partition coefficient (Wildman–Crippen LogP) is 4.03. The molecule has 0 radical (unpaired) electrons. The fourth-order valence-corrected chi connectivity index (χ4v) is 2.83. The summed E-state index contributed by atoms with van der Waals surface area (Å²) in [5.74, 6) is 0. The van der Waals surface area contributed by atoms with Gasteiger partial charge in [-0.15, -0.1) is 0 Å². The maximum Gasteiger partial charge on any atom is 0.0790 e. The fourth-order valence-electron chi connectivity index (χ4n) is 2.53. The summed E-state index contributed by atoms with van der Waals surface area (Å²) >= 11 is 6.00. The van der Waals surface area contributed by atoms with E-state index < -0.39 is 6.10 Å². The lowest BCUT2D eigenvalue weighted by atomic mass is 10.0. The van der Waals surface area contributed by atoms with Crippen molar-refractivity contribution in [3.63, 3.8) is 0 Å². The van der Waals surface area contributed by atoms with Crippen LogP contribution in [0.4, 0.5) is 0 Å². The van der Waals surface area contributed by atoms with Crippen LogP contribution in [0.2, 0.25) is 5.02 Å². The van der Waals surface area contributed by atoms with Crippen LogP contribution in [0.5, 0.6) is 0 Å². The molecule has 0 spiro atoms. The van der Waals surface area contributed by atoms with Crippen molar-refractivity contribution in [2.45, 2.75) is 51.2 Å². The van der Waals surface area contributed by atoms with Crippen molar-refractivity contribution in [3.05, 3.63) is 34.3 Å². The minimum atomic E-state index is -0.413. The quantitative estimate of drug-likeness (QED) is 0.874. The number of ether oxygens (including phenoxy) is 1. The van der Waals surface area contributed by atoms with Crippen molar-refractivity contribution in [1.29, 1.82) is 0 Å². The number of halogens is 1. The van der Waals surface area contributed by atoms with Crippen LogP contribution < -0.4 is 0 Å². The Morgan fingerprint density at radius 1 is 1.44 bits per heavy atom. The van der Waals surface area contributed by atoms with Gasteiger partial charge in [-0.25, -0.2) is 0 Å². The predicted molar refractivity (Wildman–Crippen MR) is 74.0 cm³/mol. The van der Waals surface area contributed by atoms with Gasteiger partial charge < -0.3 is 9.84 Å². The molecule has 1 aliphatic heterocycles. The van der Waals surface area contributed by atoms with Crippen molar-refractivity contribution in [3.8, 4) is 0 Å². The first kappa shape index (κ1) is 13.9. The average molecular weight is 269 g/mol. The molecule has 3 heteroatoms. The molecular formula is C15H21ClO2. The van der Waals surface area contributed by atoms with E-state index in [4.69, 9.17) is 16.3 Å². The number of rotatable bonds is 5. The molecule has 2 rings (SSSR count). The summed E-state index contributed by atoms with van der Waals surface area (Å²) in [6.07, 6.45) is 5.18. The van der Waals surface area contributed by atoms with Gasteiger partial charge in [-0.2, -0.15) is 0 Å². The van der Waals surface area contributed by atoms with Gasteiger partial charge in [-0.05, 0) is 62.3 Å². The molecule has 2 unspecified atom stereocenters. The van der Waals surface area contributed by atoms with Gasteiger partial charge in [0.1, 0.15) is 0 Å². The highest BCUT2D eigenvalue weighted by Gasteiger charge is 2.16. The van der Waals surface area contributed by atoms with E-state index in [1.165, 1.54) is 12.8 Å². The van der Waals surface area contributed by atoms with Gasteiger partial charge in [-0.3, -0.25) is 0 Å². The number of hydrogen-bond acceptors (Lipinski definition) is 2. The average Bonchev–Trinajstić information content (AvgIpc) is 2.80. The number of aliphatic hydroxyl groups excluding tert-OH is 1. The SMILES string of the molecule is Cc1cc(Cl)cc(C(O)CCCC2CCCO2)c1. The Hall–Kier alpha value is -0.570. The monoisotopic (exact) mass is 268 g/mol. The molecule has 0 bridgehead atoms. The fraction of sp³-hybridized carbons (Fsp3) is 0.600. The summed E-state index contributed by atoms with van der Waals surface area (Å²) in [5, 5.41) is 10.8. The van der Waals surface area contributed by atoms with E-state index in [-0.39, 0.29) is 0 Å². The summed E-state index contributed by atoms with van der Waals surface area (Å²) in [5.41, 5.74) is 2.02. The lowest BCUT2D eigenvalue weighted by Gasteiger charge is -2.14.